The van der Waals surface area contributed by atoms with Gasteiger partial charge in [-0.1, -0.05) is 29.8 Å². The zero-order chi connectivity index (χ0) is 15.5. The molecule has 0 saturated carbocycles. The van der Waals surface area contributed by atoms with Gasteiger partial charge in [0.2, 0.25) is 5.95 Å². The van der Waals surface area contributed by atoms with E-state index in [0.29, 0.717) is 16.7 Å². The lowest BCUT2D eigenvalue weighted by atomic mass is 10.3. The quantitative estimate of drug-likeness (QED) is 0.772. The number of anilines is 1. The molecule has 0 aliphatic carbocycles. The molecule has 0 aliphatic heterocycles. The van der Waals surface area contributed by atoms with Gasteiger partial charge in [-0.05, 0) is 37.3 Å². The Kier molecular flexibility index (Phi) is 3.98. The Balaban J connectivity index is 1.68. The number of amides is 1. The molecule has 22 heavy (non-hydrogen) atoms. The number of ether oxygens (including phenoxy) is 1. The van der Waals surface area contributed by atoms with E-state index < -0.39 is 6.10 Å². The van der Waals surface area contributed by atoms with E-state index in [1.165, 1.54) is 0 Å². The lowest BCUT2D eigenvalue weighted by Crippen LogP contribution is -2.30. The van der Waals surface area contributed by atoms with Crippen molar-refractivity contribution in [3.63, 3.8) is 0 Å². The molecule has 1 atom stereocenters. The van der Waals surface area contributed by atoms with Crippen molar-refractivity contribution in [3.05, 3.63) is 53.6 Å². The van der Waals surface area contributed by atoms with E-state index in [4.69, 9.17) is 16.3 Å². The van der Waals surface area contributed by atoms with E-state index in [1.54, 1.807) is 31.2 Å². The second kappa shape index (κ2) is 6.07. The van der Waals surface area contributed by atoms with Crippen LogP contribution in [-0.4, -0.2) is 22.0 Å². The van der Waals surface area contributed by atoms with Crippen molar-refractivity contribution in [2.75, 3.05) is 5.32 Å². The third-order valence-corrected chi connectivity index (χ3v) is 3.34. The van der Waals surface area contributed by atoms with Gasteiger partial charge in [0.15, 0.2) is 6.10 Å². The van der Waals surface area contributed by atoms with Crippen LogP contribution in [0.3, 0.4) is 0 Å². The average molecular weight is 316 g/mol. The van der Waals surface area contributed by atoms with E-state index >= 15 is 0 Å². The Morgan fingerprint density at radius 3 is 2.86 bits per heavy atom. The predicted octanol–water partition coefficient (Wildman–Crippen LogP) is 3.62. The highest BCUT2D eigenvalue weighted by molar-refractivity contribution is 6.30. The van der Waals surface area contributed by atoms with E-state index in [-0.39, 0.29) is 5.91 Å². The third kappa shape index (κ3) is 3.20. The second-order valence-electron chi connectivity index (χ2n) is 4.81. The highest BCUT2D eigenvalue weighted by Gasteiger charge is 2.16. The zero-order valence-electron chi connectivity index (χ0n) is 11.8. The van der Waals surface area contributed by atoms with Crippen LogP contribution in [0.4, 0.5) is 5.95 Å². The largest absolute Gasteiger partial charge is 0.481 e. The number of para-hydroxylation sites is 2. The number of H-pyrrole nitrogens is 1. The summed E-state index contributed by atoms with van der Waals surface area (Å²) < 4.78 is 5.57. The standard InChI is InChI=1S/C16H14ClN3O2/c1-10(22-12-6-4-5-11(17)9-12)15(21)20-16-18-13-7-2-3-8-14(13)19-16/h2-10H,1H3,(H2,18,19,20,21). The molecule has 2 N–H and O–H groups in total. The number of carbonyl (C=O) groups excluding carboxylic acids is 1. The fourth-order valence-corrected chi connectivity index (χ4v) is 2.21. The maximum atomic E-state index is 12.1. The molecule has 5 nitrogen and oxygen atoms in total. The summed E-state index contributed by atoms with van der Waals surface area (Å²) in [5, 5.41) is 3.26. The normalized spacial score (nSPS) is 12.1. The molecule has 0 spiro atoms. The van der Waals surface area contributed by atoms with Gasteiger partial charge in [-0.3, -0.25) is 10.1 Å². The number of nitrogens with zero attached hydrogens (tertiary/aromatic N) is 1. The molecule has 2 aromatic carbocycles. The first kappa shape index (κ1) is 14.4. The van der Waals surface area contributed by atoms with Gasteiger partial charge >= 0.3 is 0 Å². The Hall–Kier alpha value is -2.53. The van der Waals surface area contributed by atoms with E-state index in [0.717, 1.165) is 11.0 Å². The molecule has 0 radical (unpaired) electrons. The number of nitrogens with one attached hydrogen (secondary N) is 2. The summed E-state index contributed by atoms with van der Waals surface area (Å²) in [6.45, 7) is 1.67. The fourth-order valence-electron chi connectivity index (χ4n) is 2.03. The summed E-state index contributed by atoms with van der Waals surface area (Å²) in [5.41, 5.74) is 1.66. The summed E-state index contributed by atoms with van der Waals surface area (Å²) in [7, 11) is 0. The molecule has 0 aliphatic rings. The van der Waals surface area contributed by atoms with Gasteiger partial charge in [0.05, 0.1) is 11.0 Å². The number of halogens is 1. The number of aromatic nitrogens is 2. The van der Waals surface area contributed by atoms with Crippen LogP contribution in [0, 0.1) is 0 Å². The van der Waals surface area contributed by atoms with E-state index in [9.17, 15) is 4.79 Å². The van der Waals surface area contributed by atoms with Crippen LogP contribution < -0.4 is 10.1 Å². The maximum Gasteiger partial charge on any atom is 0.267 e. The van der Waals surface area contributed by atoms with Gasteiger partial charge in [0.1, 0.15) is 5.75 Å². The first-order valence-electron chi connectivity index (χ1n) is 6.79. The van der Waals surface area contributed by atoms with Crippen LogP contribution in [0.1, 0.15) is 6.92 Å². The highest BCUT2D eigenvalue weighted by Crippen LogP contribution is 2.19. The molecular weight excluding hydrogens is 302 g/mol. The lowest BCUT2D eigenvalue weighted by molar-refractivity contribution is -0.122. The predicted molar refractivity (Wildman–Crippen MR) is 86.3 cm³/mol. The fraction of sp³-hybridized carbons (Fsp3) is 0.125. The Labute approximate surface area is 132 Å². The van der Waals surface area contributed by atoms with Gasteiger partial charge in [-0.15, -0.1) is 0 Å². The molecule has 0 fully saturated rings. The van der Waals surface area contributed by atoms with Crippen molar-refractivity contribution < 1.29 is 9.53 Å². The molecule has 1 unspecified atom stereocenters. The first-order chi connectivity index (χ1) is 10.6. The number of imidazole rings is 1. The molecule has 1 amide bonds. The van der Waals surface area contributed by atoms with Crippen molar-refractivity contribution in [1.82, 2.24) is 9.97 Å². The minimum atomic E-state index is -0.674. The Morgan fingerprint density at radius 1 is 1.27 bits per heavy atom. The van der Waals surface area contributed by atoms with Crippen molar-refractivity contribution in [2.45, 2.75) is 13.0 Å². The molecule has 6 heteroatoms. The number of hydrogen-bond donors (Lipinski definition) is 2. The summed E-state index contributed by atoms with van der Waals surface area (Å²) in [4.78, 5) is 19.5. The average Bonchev–Trinajstić information content (AvgIpc) is 2.89. The number of hydrogen-bond acceptors (Lipinski definition) is 3. The van der Waals surface area contributed by atoms with E-state index in [1.807, 2.05) is 24.3 Å². The second-order valence-corrected chi connectivity index (χ2v) is 5.25. The van der Waals surface area contributed by atoms with Crippen LogP contribution in [0.5, 0.6) is 5.75 Å². The molecule has 1 aromatic heterocycles. The number of rotatable bonds is 4. The van der Waals surface area contributed by atoms with Crippen LogP contribution >= 0.6 is 11.6 Å². The number of benzene rings is 2. The minimum Gasteiger partial charge on any atom is -0.481 e. The first-order valence-corrected chi connectivity index (χ1v) is 7.17. The highest BCUT2D eigenvalue weighted by atomic mass is 35.5. The molecule has 1 heterocycles. The summed E-state index contributed by atoms with van der Waals surface area (Å²) in [6.07, 6.45) is -0.674. The van der Waals surface area contributed by atoms with Crippen LogP contribution in [0.25, 0.3) is 11.0 Å². The van der Waals surface area contributed by atoms with Gasteiger partial charge in [0, 0.05) is 5.02 Å². The molecular formula is C16H14ClN3O2. The molecule has 0 saturated heterocycles. The third-order valence-electron chi connectivity index (χ3n) is 3.11. The Bertz CT molecular complexity index is 783. The summed E-state index contributed by atoms with van der Waals surface area (Å²) in [6, 6.07) is 14.5. The van der Waals surface area contributed by atoms with Crippen LogP contribution in [-0.2, 0) is 4.79 Å². The number of carbonyl (C=O) groups is 1. The smallest absolute Gasteiger partial charge is 0.267 e. The number of aromatic amines is 1. The Morgan fingerprint density at radius 2 is 2.09 bits per heavy atom. The van der Waals surface area contributed by atoms with E-state index in [2.05, 4.69) is 15.3 Å². The van der Waals surface area contributed by atoms with Crippen molar-refractivity contribution >= 4 is 34.5 Å². The van der Waals surface area contributed by atoms with Crippen LogP contribution in [0.2, 0.25) is 5.02 Å². The maximum absolute atomic E-state index is 12.1. The molecule has 0 bridgehead atoms. The monoisotopic (exact) mass is 315 g/mol. The van der Waals surface area contributed by atoms with Crippen molar-refractivity contribution in [1.29, 1.82) is 0 Å². The summed E-state index contributed by atoms with van der Waals surface area (Å²) in [5.74, 6) is 0.645. The van der Waals surface area contributed by atoms with Gasteiger partial charge in [-0.2, -0.15) is 0 Å². The number of fused-ring (bicyclic) bond motifs is 1. The molecule has 3 aromatic rings. The topological polar surface area (TPSA) is 67.0 Å². The van der Waals surface area contributed by atoms with Gasteiger partial charge < -0.3 is 9.72 Å². The van der Waals surface area contributed by atoms with Crippen molar-refractivity contribution in [3.8, 4) is 5.75 Å². The lowest BCUT2D eigenvalue weighted by Gasteiger charge is -2.13. The van der Waals surface area contributed by atoms with Crippen molar-refractivity contribution in [2.24, 2.45) is 0 Å². The molecule has 112 valence electrons. The van der Waals surface area contributed by atoms with Gasteiger partial charge in [-0.25, -0.2) is 4.98 Å². The SMILES string of the molecule is CC(Oc1cccc(Cl)c1)C(=O)Nc1nc2ccccc2[nH]1. The van der Waals surface area contributed by atoms with Gasteiger partial charge in [0.25, 0.3) is 5.91 Å². The molecule has 3 rings (SSSR count). The van der Waals surface area contributed by atoms with Crippen LogP contribution in [0.15, 0.2) is 48.5 Å². The zero-order valence-corrected chi connectivity index (χ0v) is 12.6. The minimum absolute atomic E-state index is 0.293. The summed E-state index contributed by atoms with van der Waals surface area (Å²) >= 11 is 5.89.